The van der Waals surface area contributed by atoms with Crippen molar-refractivity contribution in [2.45, 2.75) is 39.8 Å². The maximum absolute atomic E-state index is 12.2. The van der Waals surface area contributed by atoms with Crippen molar-refractivity contribution in [3.8, 4) is 0 Å². The highest BCUT2D eigenvalue weighted by atomic mass is 16.5. The number of carbonyl (C=O) groups excluding carboxylic acids is 2. The molecule has 0 aromatic rings. The molecular weight excluding hydrogens is 264 g/mol. The van der Waals surface area contributed by atoms with E-state index in [0.717, 1.165) is 0 Å². The van der Waals surface area contributed by atoms with E-state index in [0.29, 0.717) is 0 Å². The summed E-state index contributed by atoms with van der Waals surface area (Å²) in [6.45, 7) is 6.70. The van der Waals surface area contributed by atoms with Gasteiger partial charge in [-0.2, -0.15) is 0 Å². The summed E-state index contributed by atoms with van der Waals surface area (Å²) in [7, 11) is 0. The number of hydrogen-bond acceptors (Lipinski definition) is 4. The van der Waals surface area contributed by atoms with E-state index in [9.17, 15) is 19.5 Å². The molecule has 3 N–H and O–H groups in total. The molecule has 1 aliphatic rings. The van der Waals surface area contributed by atoms with E-state index in [1.165, 1.54) is 13.8 Å². The summed E-state index contributed by atoms with van der Waals surface area (Å²) in [5.74, 6) is -1.81. The highest BCUT2D eigenvalue weighted by Gasteiger charge is 2.47. The Morgan fingerprint density at radius 1 is 1.35 bits per heavy atom. The standard InChI is InChI=1S/C13H22N2O5/c1-7(2)10(14-8(3)16)11(17)15-9-5-20-6-13(9,4)12(18)19/h7,9-10H,5-6H2,1-4H3,(H,14,16)(H,15,17)(H,18,19). The largest absolute Gasteiger partial charge is 0.481 e. The van der Waals surface area contributed by atoms with Crippen molar-refractivity contribution in [3.63, 3.8) is 0 Å². The fraction of sp³-hybridized carbons (Fsp3) is 0.769. The topological polar surface area (TPSA) is 105 Å². The number of rotatable bonds is 5. The molecule has 0 aliphatic carbocycles. The second-order valence-electron chi connectivity index (χ2n) is 5.72. The SMILES string of the molecule is CC(=O)NC(C(=O)NC1COCC1(C)C(=O)O)C(C)C. The van der Waals surface area contributed by atoms with Gasteiger partial charge in [0.15, 0.2) is 0 Å². The van der Waals surface area contributed by atoms with Crippen LogP contribution in [0, 0.1) is 11.3 Å². The second kappa shape index (κ2) is 6.21. The second-order valence-corrected chi connectivity index (χ2v) is 5.72. The lowest BCUT2D eigenvalue weighted by Gasteiger charge is -2.28. The molecule has 3 atom stereocenters. The molecule has 7 nitrogen and oxygen atoms in total. The molecule has 0 saturated carbocycles. The van der Waals surface area contributed by atoms with Crippen LogP contribution in [0.15, 0.2) is 0 Å². The van der Waals surface area contributed by atoms with Gasteiger partial charge < -0.3 is 20.5 Å². The average molecular weight is 286 g/mol. The Bertz CT molecular complexity index is 410. The van der Waals surface area contributed by atoms with Crippen LogP contribution in [-0.2, 0) is 19.1 Å². The first-order chi connectivity index (χ1) is 9.18. The van der Waals surface area contributed by atoms with Gasteiger partial charge in [0.05, 0.1) is 19.3 Å². The van der Waals surface area contributed by atoms with Crippen LogP contribution in [0.5, 0.6) is 0 Å². The Hall–Kier alpha value is -1.63. The third-order valence-electron chi connectivity index (χ3n) is 3.57. The molecule has 0 aromatic heterocycles. The average Bonchev–Trinajstić information content (AvgIpc) is 2.68. The Morgan fingerprint density at radius 3 is 2.40 bits per heavy atom. The third-order valence-corrected chi connectivity index (χ3v) is 3.57. The van der Waals surface area contributed by atoms with E-state index in [4.69, 9.17) is 4.74 Å². The summed E-state index contributed by atoms with van der Waals surface area (Å²) in [5.41, 5.74) is -1.15. The summed E-state index contributed by atoms with van der Waals surface area (Å²) in [6.07, 6.45) is 0. The maximum Gasteiger partial charge on any atom is 0.313 e. The van der Waals surface area contributed by atoms with Gasteiger partial charge in [-0.1, -0.05) is 13.8 Å². The predicted octanol–water partition coefficient (Wildman–Crippen LogP) is -0.247. The molecule has 1 fully saturated rings. The first-order valence-corrected chi connectivity index (χ1v) is 6.57. The van der Waals surface area contributed by atoms with Crippen LogP contribution in [0.3, 0.4) is 0 Å². The van der Waals surface area contributed by atoms with Crippen molar-refractivity contribution in [2.75, 3.05) is 13.2 Å². The van der Waals surface area contributed by atoms with Gasteiger partial charge >= 0.3 is 5.97 Å². The van der Waals surface area contributed by atoms with Crippen LogP contribution < -0.4 is 10.6 Å². The van der Waals surface area contributed by atoms with Crippen molar-refractivity contribution in [1.29, 1.82) is 0 Å². The zero-order chi connectivity index (χ0) is 15.5. The van der Waals surface area contributed by atoms with E-state index in [1.807, 2.05) is 13.8 Å². The summed E-state index contributed by atoms with van der Waals surface area (Å²) in [6, 6.07) is -1.30. The van der Waals surface area contributed by atoms with Crippen LogP contribution in [-0.4, -0.2) is 48.2 Å². The number of aliphatic carboxylic acids is 1. The fourth-order valence-corrected chi connectivity index (χ4v) is 2.10. The molecule has 7 heteroatoms. The van der Waals surface area contributed by atoms with Gasteiger partial charge in [0.1, 0.15) is 11.5 Å². The molecule has 0 radical (unpaired) electrons. The number of amides is 2. The fourth-order valence-electron chi connectivity index (χ4n) is 2.10. The van der Waals surface area contributed by atoms with Gasteiger partial charge in [0.2, 0.25) is 11.8 Å². The Labute approximate surface area is 118 Å². The Balaban J connectivity index is 2.78. The van der Waals surface area contributed by atoms with Crippen molar-refractivity contribution >= 4 is 17.8 Å². The lowest BCUT2D eigenvalue weighted by Crippen LogP contribution is -2.56. The molecule has 20 heavy (non-hydrogen) atoms. The molecule has 1 heterocycles. The van der Waals surface area contributed by atoms with Crippen molar-refractivity contribution < 1.29 is 24.2 Å². The molecule has 3 unspecified atom stereocenters. The van der Waals surface area contributed by atoms with Crippen LogP contribution in [0.4, 0.5) is 0 Å². The van der Waals surface area contributed by atoms with Crippen LogP contribution in [0.2, 0.25) is 0 Å². The molecule has 2 amide bonds. The summed E-state index contributed by atoms with van der Waals surface area (Å²) in [4.78, 5) is 34.6. The van der Waals surface area contributed by atoms with E-state index in [-0.39, 0.29) is 25.0 Å². The minimum Gasteiger partial charge on any atom is -0.481 e. The zero-order valence-corrected chi connectivity index (χ0v) is 12.2. The number of hydrogen-bond donors (Lipinski definition) is 3. The number of carboxylic acid groups (broad SMARTS) is 1. The predicted molar refractivity (Wildman–Crippen MR) is 70.9 cm³/mol. The molecule has 0 aromatic carbocycles. The molecule has 1 aliphatic heterocycles. The van der Waals surface area contributed by atoms with Gasteiger partial charge in [0.25, 0.3) is 0 Å². The molecule has 1 saturated heterocycles. The monoisotopic (exact) mass is 286 g/mol. The normalized spacial score (nSPS) is 27.1. The maximum atomic E-state index is 12.2. The van der Waals surface area contributed by atoms with Gasteiger partial charge in [-0.3, -0.25) is 14.4 Å². The number of ether oxygens (including phenoxy) is 1. The molecule has 0 spiro atoms. The number of carbonyl (C=O) groups is 3. The zero-order valence-electron chi connectivity index (χ0n) is 12.2. The smallest absolute Gasteiger partial charge is 0.313 e. The highest BCUT2D eigenvalue weighted by molar-refractivity contribution is 5.88. The summed E-state index contributed by atoms with van der Waals surface area (Å²) >= 11 is 0. The van der Waals surface area contributed by atoms with E-state index >= 15 is 0 Å². The highest BCUT2D eigenvalue weighted by Crippen LogP contribution is 2.28. The molecule has 114 valence electrons. The van der Waals surface area contributed by atoms with Gasteiger partial charge in [-0.05, 0) is 12.8 Å². The van der Waals surface area contributed by atoms with Crippen LogP contribution in [0.1, 0.15) is 27.7 Å². The third kappa shape index (κ3) is 3.47. The Kier molecular flexibility index (Phi) is 5.10. The minimum absolute atomic E-state index is 0.0553. The van der Waals surface area contributed by atoms with Crippen molar-refractivity contribution in [3.05, 3.63) is 0 Å². The quantitative estimate of drug-likeness (QED) is 0.646. The van der Waals surface area contributed by atoms with Crippen molar-refractivity contribution in [1.82, 2.24) is 10.6 Å². The van der Waals surface area contributed by atoms with E-state index < -0.39 is 29.4 Å². The lowest BCUT2D eigenvalue weighted by molar-refractivity contribution is -0.149. The van der Waals surface area contributed by atoms with Gasteiger partial charge in [-0.15, -0.1) is 0 Å². The lowest BCUT2D eigenvalue weighted by atomic mass is 9.85. The van der Waals surface area contributed by atoms with E-state index in [1.54, 1.807) is 0 Å². The Morgan fingerprint density at radius 2 is 1.95 bits per heavy atom. The minimum atomic E-state index is -1.15. The molecule has 1 rings (SSSR count). The first kappa shape index (κ1) is 16.4. The van der Waals surface area contributed by atoms with Crippen molar-refractivity contribution in [2.24, 2.45) is 11.3 Å². The van der Waals surface area contributed by atoms with Crippen LogP contribution >= 0.6 is 0 Å². The van der Waals surface area contributed by atoms with Crippen LogP contribution in [0.25, 0.3) is 0 Å². The van der Waals surface area contributed by atoms with E-state index in [2.05, 4.69) is 10.6 Å². The number of carboxylic acids is 1. The first-order valence-electron chi connectivity index (χ1n) is 6.57. The van der Waals surface area contributed by atoms with Gasteiger partial charge in [-0.25, -0.2) is 0 Å². The summed E-state index contributed by atoms with van der Waals surface area (Å²) < 4.78 is 5.17. The molecular formula is C13H22N2O5. The molecule has 0 bridgehead atoms. The van der Waals surface area contributed by atoms with Gasteiger partial charge in [0, 0.05) is 6.92 Å². The number of nitrogens with one attached hydrogen (secondary N) is 2. The summed E-state index contributed by atoms with van der Waals surface area (Å²) in [5, 5.41) is 14.5.